The van der Waals surface area contributed by atoms with Gasteiger partial charge in [-0.25, -0.2) is 0 Å². The molecular weight excluding hydrogens is 276 g/mol. The highest BCUT2D eigenvalue weighted by Crippen LogP contribution is 2.53. The van der Waals surface area contributed by atoms with Crippen LogP contribution in [0.15, 0.2) is 0 Å². The van der Waals surface area contributed by atoms with E-state index in [1.807, 2.05) is 6.92 Å². The largest absolute Gasteiger partial charge is 0.413 e. The molecule has 1 N–H and O–H groups in total. The van der Waals surface area contributed by atoms with Gasteiger partial charge in [0.05, 0.1) is 6.10 Å². The second-order valence-electron chi connectivity index (χ2n) is 9.32. The van der Waals surface area contributed by atoms with Crippen LogP contribution in [0.2, 0.25) is 16.6 Å². The van der Waals surface area contributed by atoms with Gasteiger partial charge in [0.25, 0.3) is 0 Å². The lowest BCUT2D eigenvalue weighted by Crippen LogP contribution is -2.55. The van der Waals surface area contributed by atoms with Crippen LogP contribution in [0.5, 0.6) is 0 Å². The Morgan fingerprint density at radius 1 is 1.05 bits per heavy atom. The first-order valence-corrected chi connectivity index (χ1v) is 11.1. The molecule has 2 nitrogen and oxygen atoms in total. The summed E-state index contributed by atoms with van der Waals surface area (Å²) in [5.74, 6) is 0.537. The van der Waals surface area contributed by atoms with Gasteiger partial charge in [0.2, 0.25) is 8.32 Å². The SMILES string of the molecule is CC(O)CC1CCCCC1O[Si](C)(C(C)(C)C)C(C)(C)C. The highest BCUT2D eigenvalue weighted by Gasteiger charge is 2.53. The molecule has 0 heterocycles. The van der Waals surface area contributed by atoms with E-state index >= 15 is 0 Å². The molecule has 0 aromatic carbocycles. The number of rotatable bonds is 4. The van der Waals surface area contributed by atoms with Gasteiger partial charge in [-0.1, -0.05) is 54.4 Å². The van der Waals surface area contributed by atoms with Gasteiger partial charge in [-0.15, -0.1) is 0 Å². The molecule has 0 aliphatic heterocycles. The summed E-state index contributed by atoms with van der Waals surface area (Å²) in [6.45, 7) is 18.4. The average Bonchev–Trinajstić information content (AvgIpc) is 2.28. The molecule has 1 saturated carbocycles. The summed E-state index contributed by atoms with van der Waals surface area (Å²) in [5, 5.41) is 10.2. The molecule has 3 atom stereocenters. The van der Waals surface area contributed by atoms with Gasteiger partial charge in [0.15, 0.2) is 0 Å². The Morgan fingerprint density at radius 2 is 1.52 bits per heavy atom. The highest BCUT2D eigenvalue weighted by atomic mass is 28.4. The van der Waals surface area contributed by atoms with E-state index < -0.39 is 8.32 Å². The molecule has 1 aliphatic carbocycles. The fourth-order valence-corrected chi connectivity index (χ4v) is 7.69. The molecule has 0 radical (unpaired) electrons. The molecule has 3 unspecified atom stereocenters. The van der Waals surface area contributed by atoms with Crippen LogP contribution >= 0.6 is 0 Å². The second kappa shape index (κ2) is 6.72. The van der Waals surface area contributed by atoms with Crippen LogP contribution in [-0.2, 0) is 4.43 Å². The maximum absolute atomic E-state index is 9.80. The summed E-state index contributed by atoms with van der Waals surface area (Å²) in [4.78, 5) is 0. The first-order chi connectivity index (χ1) is 9.38. The van der Waals surface area contributed by atoms with E-state index in [0.29, 0.717) is 12.0 Å². The molecule has 21 heavy (non-hydrogen) atoms. The Hall–Kier alpha value is 0.137. The molecule has 0 saturated heterocycles. The van der Waals surface area contributed by atoms with Crippen LogP contribution < -0.4 is 0 Å². The van der Waals surface area contributed by atoms with E-state index in [4.69, 9.17) is 4.43 Å². The normalized spacial score (nSPS) is 26.7. The van der Waals surface area contributed by atoms with Gasteiger partial charge in [0, 0.05) is 6.10 Å². The number of aliphatic hydroxyl groups is 1. The number of hydrogen-bond donors (Lipinski definition) is 1. The molecule has 1 fully saturated rings. The molecule has 3 heteroatoms. The first-order valence-electron chi connectivity index (χ1n) is 8.74. The summed E-state index contributed by atoms with van der Waals surface area (Å²) in [7, 11) is -1.91. The quantitative estimate of drug-likeness (QED) is 0.693. The van der Waals surface area contributed by atoms with Crippen molar-refractivity contribution in [1.82, 2.24) is 0 Å². The zero-order chi connectivity index (χ0) is 16.5. The topological polar surface area (TPSA) is 29.5 Å². The van der Waals surface area contributed by atoms with Gasteiger partial charge in [0.1, 0.15) is 0 Å². The molecule has 0 amide bonds. The van der Waals surface area contributed by atoms with E-state index in [9.17, 15) is 5.11 Å². The van der Waals surface area contributed by atoms with Crippen molar-refractivity contribution in [3.8, 4) is 0 Å². The maximum Gasteiger partial charge on any atom is 0.200 e. The lowest BCUT2D eigenvalue weighted by molar-refractivity contribution is 0.0407. The molecule has 0 aromatic heterocycles. The Balaban J connectivity index is 2.96. The van der Waals surface area contributed by atoms with E-state index in [0.717, 1.165) is 6.42 Å². The Bertz CT molecular complexity index is 311. The summed E-state index contributed by atoms with van der Waals surface area (Å²) in [5.41, 5.74) is 0. The third kappa shape index (κ3) is 4.55. The van der Waals surface area contributed by atoms with Crippen molar-refractivity contribution >= 4 is 8.32 Å². The smallest absolute Gasteiger partial charge is 0.200 e. The monoisotopic (exact) mass is 314 g/mol. The Labute approximate surface area is 133 Å². The van der Waals surface area contributed by atoms with Gasteiger partial charge in [-0.05, 0) is 48.7 Å². The fourth-order valence-electron chi connectivity index (χ4n) is 3.82. The van der Waals surface area contributed by atoms with Crippen LogP contribution in [0, 0.1) is 5.92 Å². The van der Waals surface area contributed by atoms with Crippen molar-refractivity contribution in [1.29, 1.82) is 0 Å². The van der Waals surface area contributed by atoms with Gasteiger partial charge >= 0.3 is 0 Å². The summed E-state index contributed by atoms with van der Waals surface area (Å²) < 4.78 is 6.95. The van der Waals surface area contributed by atoms with Crippen LogP contribution in [0.3, 0.4) is 0 Å². The van der Waals surface area contributed by atoms with E-state index in [2.05, 4.69) is 48.1 Å². The van der Waals surface area contributed by atoms with Crippen LogP contribution in [-0.4, -0.2) is 25.6 Å². The summed E-state index contributed by atoms with van der Waals surface area (Å²) >= 11 is 0. The molecule has 1 rings (SSSR count). The third-order valence-electron chi connectivity index (χ3n) is 5.73. The third-order valence-corrected chi connectivity index (χ3v) is 12.2. The standard InChI is InChI=1S/C18H38O2Si/c1-14(19)13-15-11-9-10-12-16(15)20-21(8,17(2,3)4)18(5,6)7/h14-16,19H,9-13H2,1-8H3. The minimum absolute atomic E-state index is 0.212. The lowest BCUT2D eigenvalue weighted by Gasteiger charge is -2.52. The number of hydrogen-bond acceptors (Lipinski definition) is 2. The fraction of sp³-hybridized carbons (Fsp3) is 1.00. The van der Waals surface area contributed by atoms with E-state index in [1.54, 1.807) is 0 Å². The average molecular weight is 315 g/mol. The lowest BCUT2D eigenvalue weighted by atomic mass is 9.83. The minimum atomic E-state index is -1.91. The summed E-state index contributed by atoms with van der Waals surface area (Å²) in [6.07, 6.45) is 5.99. The van der Waals surface area contributed by atoms with Crippen molar-refractivity contribution < 1.29 is 9.53 Å². The molecule has 126 valence electrons. The van der Waals surface area contributed by atoms with Crippen molar-refractivity contribution in [2.45, 2.75) is 109 Å². The first kappa shape index (κ1) is 19.2. The van der Waals surface area contributed by atoms with Crippen LogP contribution in [0.1, 0.15) is 80.6 Å². The second-order valence-corrected chi connectivity index (χ2v) is 14.6. The van der Waals surface area contributed by atoms with E-state index in [-0.39, 0.29) is 16.2 Å². The van der Waals surface area contributed by atoms with Crippen LogP contribution in [0.25, 0.3) is 0 Å². The van der Waals surface area contributed by atoms with Crippen LogP contribution in [0.4, 0.5) is 0 Å². The highest BCUT2D eigenvalue weighted by molar-refractivity contribution is 6.78. The molecule has 0 bridgehead atoms. The van der Waals surface area contributed by atoms with Gasteiger partial charge in [-0.2, -0.15) is 0 Å². The van der Waals surface area contributed by atoms with E-state index in [1.165, 1.54) is 25.7 Å². The zero-order valence-corrected chi connectivity index (χ0v) is 16.6. The predicted molar refractivity (Wildman–Crippen MR) is 94.2 cm³/mol. The Kier molecular flexibility index (Phi) is 6.14. The summed E-state index contributed by atoms with van der Waals surface area (Å²) in [6, 6.07) is 0. The van der Waals surface area contributed by atoms with Crippen molar-refractivity contribution in [2.24, 2.45) is 5.92 Å². The molecule has 0 spiro atoms. The van der Waals surface area contributed by atoms with Gasteiger partial charge in [-0.3, -0.25) is 0 Å². The van der Waals surface area contributed by atoms with Gasteiger partial charge < -0.3 is 9.53 Å². The minimum Gasteiger partial charge on any atom is -0.413 e. The maximum atomic E-state index is 9.80. The molecular formula is C18H38O2Si. The molecule has 1 aliphatic rings. The Morgan fingerprint density at radius 3 is 1.95 bits per heavy atom. The predicted octanol–water partition coefficient (Wildman–Crippen LogP) is 5.51. The zero-order valence-electron chi connectivity index (χ0n) is 15.6. The van der Waals surface area contributed by atoms with Crippen molar-refractivity contribution in [3.05, 3.63) is 0 Å². The molecule has 0 aromatic rings. The van der Waals surface area contributed by atoms with Crippen molar-refractivity contribution in [3.63, 3.8) is 0 Å². The van der Waals surface area contributed by atoms with Crippen molar-refractivity contribution in [2.75, 3.05) is 0 Å². The number of aliphatic hydroxyl groups excluding tert-OH is 1.